The fourth-order valence-corrected chi connectivity index (χ4v) is 6.05. The maximum Gasteiger partial charge on any atom is 0.297 e. The smallest absolute Gasteiger partial charge is 0.297 e. The van der Waals surface area contributed by atoms with Crippen LogP contribution in [0.1, 0.15) is 38.7 Å². The predicted molar refractivity (Wildman–Crippen MR) is 169 cm³/mol. The van der Waals surface area contributed by atoms with Crippen LogP contribution in [0.4, 0.5) is 5.69 Å². The number of para-hydroxylation sites is 1. The molecular weight excluding hydrogens is 564 g/mol. The highest BCUT2D eigenvalue weighted by molar-refractivity contribution is 7.86. The Kier molecular flexibility index (Phi) is 10.3. The van der Waals surface area contributed by atoms with Crippen LogP contribution >= 0.6 is 0 Å². The van der Waals surface area contributed by atoms with Crippen molar-refractivity contribution in [2.45, 2.75) is 57.3 Å². The SMILES string of the molecule is CCN(CC)c1ccc(-c2ccc3cccc(OCC(COS(=O)(=O)c4ccc(C)cc4)OC4CCCCO4)c3n2)cc1. The van der Waals surface area contributed by atoms with Crippen molar-refractivity contribution < 1.29 is 26.8 Å². The quantitative estimate of drug-likeness (QED) is 0.155. The van der Waals surface area contributed by atoms with Gasteiger partial charge in [-0.05, 0) is 76.4 Å². The van der Waals surface area contributed by atoms with E-state index >= 15 is 0 Å². The van der Waals surface area contributed by atoms with Crippen molar-refractivity contribution in [3.05, 3.63) is 84.4 Å². The Hall–Kier alpha value is -3.50. The molecule has 0 radical (unpaired) electrons. The van der Waals surface area contributed by atoms with Crippen LogP contribution in [0.25, 0.3) is 22.2 Å². The molecule has 8 nitrogen and oxygen atoms in total. The van der Waals surface area contributed by atoms with E-state index in [2.05, 4.69) is 43.0 Å². The molecule has 1 aliphatic rings. The molecule has 9 heteroatoms. The summed E-state index contributed by atoms with van der Waals surface area (Å²) in [5, 5.41) is 0.937. The van der Waals surface area contributed by atoms with Gasteiger partial charge < -0.3 is 19.1 Å². The largest absolute Gasteiger partial charge is 0.488 e. The third-order valence-electron chi connectivity index (χ3n) is 7.60. The van der Waals surface area contributed by atoms with E-state index in [0.717, 1.165) is 54.6 Å². The van der Waals surface area contributed by atoms with E-state index in [-0.39, 0.29) is 18.1 Å². The summed E-state index contributed by atoms with van der Waals surface area (Å²) in [6.07, 6.45) is 1.56. The van der Waals surface area contributed by atoms with Gasteiger partial charge in [-0.25, -0.2) is 4.98 Å². The number of hydrogen-bond acceptors (Lipinski definition) is 8. The van der Waals surface area contributed by atoms with Gasteiger partial charge in [0.25, 0.3) is 10.1 Å². The third kappa shape index (κ3) is 7.92. The normalized spacial score (nSPS) is 16.2. The molecule has 2 unspecified atom stereocenters. The van der Waals surface area contributed by atoms with Crippen LogP contribution < -0.4 is 9.64 Å². The van der Waals surface area contributed by atoms with Crippen LogP contribution in [0.15, 0.2) is 83.8 Å². The maximum absolute atomic E-state index is 12.9. The minimum absolute atomic E-state index is 0.0624. The molecule has 2 atom stereocenters. The molecule has 0 saturated carbocycles. The standard InChI is InChI=1S/C34H40N2O6S/c1-4-36(5-2)28-17-14-26(15-18-28)31-21-16-27-9-8-10-32(34(27)35-31)40-23-29(42-33-11-6-7-22-39-33)24-41-43(37,38)30-19-12-25(3)13-20-30/h8-10,12-21,29,33H,4-7,11,22-24H2,1-3H3. The van der Waals surface area contributed by atoms with Crippen molar-refractivity contribution in [2.75, 3.05) is 37.8 Å². The first-order valence-corrected chi connectivity index (χ1v) is 16.4. The molecule has 1 aromatic heterocycles. The van der Waals surface area contributed by atoms with Gasteiger partial charge in [-0.3, -0.25) is 4.18 Å². The highest BCUT2D eigenvalue weighted by Crippen LogP contribution is 2.29. The van der Waals surface area contributed by atoms with E-state index in [0.29, 0.717) is 17.9 Å². The summed E-state index contributed by atoms with van der Waals surface area (Å²) in [5.41, 5.74) is 4.71. The lowest BCUT2D eigenvalue weighted by Gasteiger charge is -2.27. The number of fused-ring (bicyclic) bond motifs is 1. The number of rotatable bonds is 13. The molecule has 0 spiro atoms. The molecule has 0 amide bonds. The first-order valence-electron chi connectivity index (χ1n) is 15.0. The number of ether oxygens (including phenoxy) is 3. The second kappa shape index (κ2) is 14.3. The second-order valence-electron chi connectivity index (χ2n) is 10.7. The molecule has 4 aromatic rings. The van der Waals surface area contributed by atoms with Crippen LogP contribution in [0.3, 0.4) is 0 Å². The Labute approximate surface area is 254 Å². The van der Waals surface area contributed by atoms with Crippen molar-refractivity contribution in [2.24, 2.45) is 0 Å². The minimum atomic E-state index is -3.97. The fourth-order valence-electron chi connectivity index (χ4n) is 5.11. The van der Waals surface area contributed by atoms with E-state index in [1.54, 1.807) is 12.1 Å². The van der Waals surface area contributed by atoms with E-state index in [4.69, 9.17) is 23.4 Å². The van der Waals surface area contributed by atoms with Crippen LogP contribution in [0, 0.1) is 6.92 Å². The van der Waals surface area contributed by atoms with E-state index in [9.17, 15) is 8.42 Å². The van der Waals surface area contributed by atoms with Gasteiger partial charge in [-0.15, -0.1) is 0 Å². The van der Waals surface area contributed by atoms with Gasteiger partial charge in [-0.2, -0.15) is 8.42 Å². The van der Waals surface area contributed by atoms with Gasteiger partial charge in [0.05, 0.1) is 17.2 Å². The van der Waals surface area contributed by atoms with Crippen LogP contribution in [-0.2, 0) is 23.8 Å². The van der Waals surface area contributed by atoms with Crippen molar-refractivity contribution in [1.29, 1.82) is 0 Å². The summed E-state index contributed by atoms with van der Waals surface area (Å²) in [5.74, 6) is 0.582. The second-order valence-corrected chi connectivity index (χ2v) is 12.3. The van der Waals surface area contributed by atoms with E-state index in [1.165, 1.54) is 17.8 Å². The molecular formula is C34H40N2O6S. The zero-order chi connectivity index (χ0) is 30.2. The van der Waals surface area contributed by atoms with Gasteiger partial charge in [0, 0.05) is 36.3 Å². The topological polar surface area (TPSA) is 87.2 Å². The molecule has 228 valence electrons. The third-order valence-corrected chi connectivity index (χ3v) is 8.90. The highest BCUT2D eigenvalue weighted by atomic mass is 32.2. The lowest BCUT2D eigenvalue weighted by molar-refractivity contribution is -0.198. The monoisotopic (exact) mass is 604 g/mol. The van der Waals surface area contributed by atoms with Gasteiger partial charge >= 0.3 is 0 Å². The number of hydrogen-bond donors (Lipinski definition) is 0. The summed E-state index contributed by atoms with van der Waals surface area (Å²) in [4.78, 5) is 7.36. The number of aryl methyl sites for hydroxylation is 1. The highest BCUT2D eigenvalue weighted by Gasteiger charge is 2.24. The maximum atomic E-state index is 12.9. The number of anilines is 1. The lowest BCUT2D eigenvalue weighted by Crippen LogP contribution is -2.35. The first-order chi connectivity index (χ1) is 20.9. The predicted octanol–water partition coefficient (Wildman–Crippen LogP) is 6.75. The fraction of sp³-hybridized carbons (Fsp3) is 0.382. The molecule has 0 aliphatic carbocycles. The Balaban J connectivity index is 1.33. The van der Waals surface area contributed by atoms with Crippen LogP contribution in [-0.4, -0.2) is 58.7 Å². The van der Waals surface area contributed by atoms with Crippen LogP contribution in [0.5, 0.6) is 5.75 Å². The molecule has 43 heavy (non-hydrogen) atoms. The Bertz CT molecular complexity index is 1580. The average molecular weight is 605 g/mol. The molecule has 2 heterocycles. The minimum Gasteiger partial charge on any atom is -0.488 e. The van der Waals surface area contributed by atoms with Crippen molar-refractivity contribution >= 4 is 26.7 Å². The zero-order valence-electron chi connectivity index (χ0n) is 25.1. The Morgan fingerprint density at radius 1 is 0.930 bits per heavy atom. The first kappa shape index (κ1) is 30.9. The van der Waals surface area contributed by atoms with Gasteiger partial charge in [0.1, 0.15) is 24.0 Å². The molecule has 1 fully saturated rings. The number of nitrogens with zero attached hydrogens (tertiary/aromatic N) is 2. The van der Waals surface area contributed by atoms with Crippen LogP contribution in [0.2, 0.25) is 0 Å². The molecule has 0 N–H and O–H groups in total. The Morgan fingerprint density at radius 2 is 1.70 bits per heavy atom. The summed E-state index contributed by atoms with van der Waals surface area (Å²) in [6.45, 7) is 8.55. The summed E-state index contributed by atoms with van der Waals surface area (Å²) in [7, 11) is -3.97. The molecule has 3 aromatic carbocycles. The molecule has 1 saturated heterocycles. The van der Waals surface area contributed by atoms with Crippen molar-refractivity contribution in [1.82, 2.24) is 4.98 Å². The average Bonchev–Trinajstić information content (AvgIpc) is 3.04. The van der Waals surface area contributed by atoms with Gasteiger partial charge in [0.2, 0.25) is 0 Å². The summed E-state index contributed by atoms with van der Waals surface area (Å²) in [6, 6.07) is 24.8. The lowest BCUT2D eigenvalue weighted by atomic mass is 10.1. The number of benzene rings is 3. The van der Waals surface area contributed by atoms with Gasteiger partial charge in [0.15, 0.2) is 6.29 Å². The number of aromatic nitrogens is 1. The Morgan fingerprint density at radius 3 is 2.40 bits per heavy atom. The van der Waals surface area contributed by atoms with Gasteiger partial charge in [-0.1, -0.05) is 48.0 Å². The van der Waals surface area contributed by atoms with Crippen molar-refractivity contribution in [3.8, 4) is 17.0 Å². The molecule has 1 aliphatic heterocycles. The molecule has 5 rings (SSSR count). The van der Waals surface area contributed by atoms with Crippen molar-refractivity contribution in [3.63, 3.8) is 0 Å². The number of pyridine rings is 1. The van der Waals surface area contributed by atoms with E-state index < -0.39 is 22.5 Å². The van der Waals surface area contributed by atoms with E-state index in [1.807, 2.05) is 37.3 Å². The summed E-state index contributed by atoms with van der Waals surface area (Å²) < 4.78 is 49.4. The molecule has 0 bridgehead atoms. The zero-order valence-corrected chi connectivity index (χ0v) is 25.9. The summed E-state index contributed by atoms with van der Waals surface area (Å²) >= 11 is 0.